The number of benzene rings is 1. The number of esters is 2. The van der Waals surface area contributed by atoms with E-state index in [0.717, 1.165) is 0 Å². The first kappa shape index (κ1) is 23.3. The molecular formula is C23H28N2O7. The van der Waals surface area contributed by atoms with Crippen LogP contribution in [0.25, 0.3) is 0 Å². The van der Waals surface area contributed by atoms with Crippen LogP contribution in [0.4, 0.5) is 0 Å². The summed E-state index contributed by atoms with van der Waals surface area (Å²) in [6, 6.07) is 6.98. The zero-order valence-electron chi connectivity index (χ0n) is 18.7. The molecule has 1 saturated heterocycles. The van der Waals surface area contributed by atoms with E-state index in [1.54, 1.807) is 43.0 Å². The number of carbonyl (C=O) groups is 3. The Morgan fingerprint density at radius 3 is 2.19 bits per heavy atom. The number of dihydropyridines is 1. The number of morpholine rings is 1. The second-order valence-electron chi connectivity index (χ2n) is 7.47. The van der Waals surface area contributed by atoms with E-state index in [4.69, 9.17) is 18.9 Å². The van der Waals surface area contributed by atoms with Crippen molar-refractivity contribution in [2.24, 2.45) is 0 Å². The fourth-order valence-corrected chi connectivity index (χ4v) is 3.92. The number of amides is 1. The van der Waals surface area contributed by atoms with Gasteiger partial charge in [-0.1, -0.05) is 12.1 Å². The smallest absolute Gasteiger partial charge is 0.336 e. The Bertz CT molecular complexity index is 923. The minimum atomic E-state index is -0.713. The third-order valence-corrected chi connectivity index (χ3v) is 5.49. The molecule has 1 aromatic carbocycles. The van der Waals surface area contributed by atoms with Gasteiger partial charge in [-0.15, -0.1) is 0 Å². The molecule has 2 heterocycles. The maximum Gasteiger partial charge on any atom is 0.336 e. The molecule has 32 heavy (non-hydrogen) atoms. The average molecular weight is 444 g/mol. The number of carbonyl (C=O) groups excluding carboxylic acids is 3. The highest BCUT2D eigenvalue weighted by Crippen LogP contribution is 2.40. The number of nitrogens with one attached hydrogen (secondary N) is 1. The SMILES string of the molecule is COC(=O)C1=C(C)NC(C)=C(C(=O)OC)C1c1cccc(OCC(=O)N2CCOCC2)c1. The Morgan fingerprint density at radius 1 is 1.03 bits per heavy atom. The molecule has 0 radical (unpaired) electrons. The van der Waals surface area contributed by atoms with Crippen molar-refractivity contribution < 1.29 is 33.3 Å². The molecule has 0 unspecified atom stereocenters. The molecule has 0 aliphatic carbocycles. The van der Waals surface area contributed by atoms with E-state index in [2.05, 4.69) is 5.32 Å². The maximum absolute atomic E-state index is 12.6. The summed E-state index contributed by atoms with van der Waals surface area (Å²) in [6.45, 7) is 5.48. The molecule has 3 rings (SSSR count). The van der Waals surface area contributed by atoms with Crippen molar-refractivity contribution in [1.82, 2.24) is 10.2 Å². The lowest BCUT2D eigenvalue weighted by Crippen LogP contribution is -2.42. The maximum atomic E-state index is 12.6. The van der Waals surface area contributed by atoms with Crippen molar-refractivity contribution in [3.63, 3.8) is 0 Å². The van der Waals surface area contributed by atoms with E-state index in [9.17, 15) is 14.4 Å². The fourth-order valence-electron chi connectivity index (χ4n) is 3.92. The topological polar surface area (TPSA) is 103 Å². The zero-order valence-corrected chi connectivity index (χ0v) is 18.7. The summed E-state index contributed by atoms with van der Waals surface area (Å²) in [7, 11) is 2.58. The largest absolute Gasteiger partial charge is 0.484 e. The number of allylic oxidation sites excluding steroid dienone is 2. The summed E-state index contributed by atoms with van der Waals surface area (Å²) < 4.78 is 21.0. The Labute approximate surface area is 186 Å². The van der Waals surface area contributed by atoms with Gasteiger partial charge in [0.1, 0.15) is 5.75 Å². The van der Waals surface area contributed by atoms with Crippen LogP contribution in [0.1, 0.15) is 25.3 Å². The van der Waals surface area contributed by atoms with E-state index < -0.39 is 17.9 Å². The average Bonchev–Trinajstić information content (AvgIpc) is 2.81. The van der Waals surface area contributed by atoms with Crippen molar-refractivity contribution in [1.29, 1.82) is 0 Å². The molecule has 1 N–H and O–H groups in total. The minimum Gasteiger partial charge on any atom is -0.484 e. The van der Waals surface area contributed by atoms with Crippen LogP contribution >= 0.6 is 0 Å². The molecule has 1 fully saturated rings. The van der Waals surface area contributed by atoms with E-state index in [0.29, 0.717) is 60.2 Å². The van der Waals surface area contributed by atoms with Crippen LogP contribution in [0.15, 0.2) is 46.8 Å². The first-order chi connectivity index (χ1) is 15.4. The first-order valence-corrected chi connectivity index (χ1v) is 10.3. The third kappa shape index (κ3) is 4.94. The Morgan fingerprint density at radius 2 is 1.62 bits per heavy atom. The van der Waals surface area contributed by atoms with E-state index >= 15 is 0 Å². The van der Waals surface area contributed by atoms with Crippen LogP contribution in [-0.4, -0.2) is 69.9 Å². The van der Waals surface area contributed by atoms with Gasteiger partial charge >= 0.3 is 11.9 Å². The Kier molecular flexibility index (Phi) is 7.53. The molecule has 2 aliphatic heterocycles. The fraction of sp³-hybridized carbons (Fsp3) is 0.435. The first-order valence-electron chi connectivity index (χ1n) is 10.3. The van der Waals surface area contributed by atoms with Crippen molar-refractivity contribution in [2.45, 2.75) is 19.8 Å². The predicted octanol–water partition coefficient (Wildman–Crippen LogP) is 1.51. The number of nitrogens with zero attached hydrogens (tertiary/aromatic N) is 1. The van der Waals surface area contributed by atoms with Crippen LogP contribution in [0.3, 0.4) is 0 Å². The van der Waals surface area contributed by atoms with Gasteiger partial charge in [-0.05, 0) is 31.5 Å². The molecule has 0 spiro atoms. The quantitative estimate of drug-likeness (QED) is 0.659. The molecule has 9 heteroatoms. The van der Waals surface area contributed by atoms with Gasteiger partial charge in [-0.3, -0.25) is 4.79 Å². The molecular weight excluding hydrogens is 416 g/mol. The number of ether oxygens (including phenoxy) is 4. The van der Waals surface area contributed by atoms with Crippen LogP contribution in [0.5, 0.6) is 5.75 Å². The van der Waals surface area contributed by atoms with Crippen molar-refractivity contribution in [3.8, 4) is 5.75 Å². The summed E-state index contributed by atoms with van der Waals surface area (Å²) >= 11 is 0. The monoisotopic (exact) mass is 444 g/mol. The van der Waals surface area contributed by atoms with Crippen molar-refractivity contribution in [2.75, 3.05) is 47.1 Å². The molecule has 0 bridgehead atoms. The summed E-state index contributed by atoms with van der Waals surface area (Å²) in [5.74, 6) is -1.50. The van der Waals surface area contributed by atoms with Gasteiger partial charge in [0, 0.05) is 24.5 Å². The standard InChI is InChI=1S/C23H28N2O7/c1-14-19(22(27)29-3)21(20(15(2)24-14)23(28)30-4)16-6-5-7-17(12-16)32-13-18(26)25-8-10-31-11-9-25/h5-7,12,21,24H,8-11,13H2,1-4H3. The van der Waals surface area contributed by atoms with Crippen molar-refractivity contribution >= 4 is 17.8 Å². The van der Waals surface area contributed by atoms with Crippen molar-refractivity contribution in [3.05, 3.63) is 52.4 Å². The van der Waals surface area contributed by atoms with E-state index in [-0.39, 0.29) is 12.5 Å². The predicted molar refractivity (Wildman–Crippen MR) is 115 cm³/mol. The van der Waals surface area contributed by atoms with E-state index in [1.165, 1.54) is 14.2 Å². The molecule has 0 saturated carbocycles. The molecule has 172 valence electrons. The molecule has 0 atom stereocenters. The number of hydrogen-bond acceptors (Lipinski definition) is 8. The molecule has 9 nitrogen and oxygen atoms in total. The van der Waals surface area contributed by atoms with Gasteiger partial charge in [0.2, 0.25) is 0 Å². The second-order valence-corrected chi connectivity index (χ2v) is 7.47. The van der Waals surface area contributed by atoms with Crippen LogP contribution < -0.4 is 10.1 Å². The second kappa shape index (κ2) is 10.3. The van der Waals surface area contributed by atoms with E-state index in [1.807, 2.05) is 0 Å². The Hall–Kier alpha value is -3.33. The van der Waals surface area contributed by atoms with Gasteiger partial charge in [0.25, 0.3) is 5.91 Å². The molecule has 2 aliphatic rings. The van der Waals surface area contributed by atoms with Crippen LogP contribution in [0, 0.1) is 0 Å². The highest BCUT2D eigenvalue weighted by atomic mass is 16.5. The van der Waals surface area contributed by atoms with Crippen LogP contribution in [-0.2, 0) is 28.6 Å². The molecule has 1 amide bonds. The number of methoxy groups -OCH3 is 2. The third-order valence-electron chi connectivity index (χ3n) is 5.49. The zero-order chi connectivity index (χ0) is 23.3. The lowest BCUT2D eigenvalue weighted by atomic mass is 9.80. The Balaban J connectivity index is 1.90. The van der Waals surface area contributed by atoms with Gasteiger partial charge in [-0.2, -0.15) is 0 Å². The van der Waals surface area contributed by atoms with Gasteiger partial charge in [-0.25, -0.2) is 9.59 Å². The van der Waals surface area contributed by atoms with Gasteiger partial charge < -0.3 is 29.2 Å². The highest BCUT2D eigenvalue weighted by Gasteiger charge is 2.37. The van der Waals surface area contributed by atoms with Gasteiger partial charge in [0.15, 0.2) is 6.61 Å². The molecule has 0 aromatic heterocycles. The number of hydrogen-bond donors (Lipinski definition) is 1. The summed E-state index contributed by atoms with van der Waals surface area (Å²) in [6.07, 6.45) is 0. The summed E-state index contributed by atoms with van der Waals surface area (Å²) in [4.78, 5) is 39.3. The number of rotatable bonds is 6. The van der Waals surface area contributed by atoms with Crippen LogP contribution in [0.2, 0.25) is 0 Å². The van der Waals surface area contributed by atoms with Gasteiger partial charge in [0.05, 0.1) is 44.5 Å². The summed E-state index contributed by atoms with van der Waals surface area (Å²) in [5.41, 5.74) is 2.42. The molecule has 1 aromatic rings. The minimum absolute atomic E-state index is 0.118. The highest BCUT2D eigenvalue weighted by molar-refractivity contribution is 5.99. The lowest BCUT2D eigenvalue weighted by Gasteiger charge is -2.30. The lowest BCUT2D eigenvalue weighted by molar-refractivity contribution is -0.138. The normalized spacial score (nSPS) is 17.1. The summed E-state index contributed by atoms with van der Waals surface area (Å²) in [5, 5.41) is 3.07.